The van der Waals surface area contributed by atoms with Crippen LogP contribution in [0.2, 0.25) is 0 Å². The molecule has 2 heterocycles. The number of nitrogens with one attached hydrogen (secondary N) is 1. The third-order valence-electron chi connectivity index (χ3n) is 6.29. The zero-order valence-electron chi connectivity index (χ0n) is 20.1. The molecule has 0 aliphatic carbocycles. The third-order valence-corrected chi connectivity index (χ3v) is 6.29. The Morgan fingerprint density at radius 3 is 2.41 bits per heavy atom. The molecule has 0 radical (unpaired) electrons. The van der Waals surface area contributed by atoms with Crippen molar-refractivity contribution in [2.75, 3.05) is 24.5 Å². The number of nitrogens with two attached hydrogens (primary N) is 1. The normalized spacial score (nSPS) is 15.4. The lowest BCUT2D eigenvalue weighted by Crippen LogP contribution is -2.44. The molecule has 0 bridgehead atoms. The van der Waals surface area contributed by atoms with Gasteiger partial charge >= 0.3 is 6.18 Å². The molecule has 0 saturated carbocycles. The standard InChI is InChI=1S/C27H27F3N6O/c28-27(29,30)26-34-22(21-9-7-18(8-10-21)11-13-31)16-24(35-26)36-15-1-2-23(36)25(37)33-14-12-19-3-5-20(17-32)6-4-19/h3-10,16,23H,1-2,11-15,31H2,(H,33,37). The van der Waals surface area contributed by atoms with Gasteiger partial charge in [0.1, 0.15) is 11.9 Å². The molecule has 1 saturated heterocycles. The highest BCUT2D eigenvalue weighted by molar-refractivity contribution is 5.85. The fourth-order valence-electron chi connectivity index (χ4n) is 4.37. The van der Waals surface area contributed by atoms with Crippen LogP contribution in [0, 0.1) is 11.3 Å². The van der Waals surface area contributed by atoms with E-state index in [0.717, 1.165) is 11.1 Å². The monoisotopic (exact) mass is 508 g/mol. The first-order chi connectivity index (χ1) is 17.8. The van der Waals surface area contributed by atoms with E-state index in [-0.39, 0.29) is 17.4 Å². The molecule has 1 aromatic heterocycles. The Kier molecular flexibility index (Phi) is 8.04. The number of hydrogen-bond acceptors (Lipinski definition) is 6. The van der Waals surface area contributed by atoms with Gasteiger partial charge in [0.25, 0.3) is 0 Å². The van der Waals surface area contributed by atoms with Crippen molar-refractivity contribution in [2.45, 2.75) is 37.9 Å². The van der Waals surface area contributed by atoms with E-state index in [4.69, 9.17) is 11.0 Å². The smallest absolute Gasteiger partial charge is 0.354 e. The van der Waals surface area contributed by atoms with Crippen molar-refractivity contribution in [1.82, 2.24) is 15.3 Å². The van der Waals surface area contributed by atoms with Crippen LogP contribution in [-0.4, -0.2) is 41.6 Å². The van der Waals surface area contributed by atoms with Gasteiger partial charge in [-0.05, 0) is 55.5 Å². The molecule has 4 rings (SSSR count). The molecule has 1 unspecified atom stereocenters. The van der Waals surface area contributed by atoms with Crippen molar-refractivity contribution in [2.24, 2.45) is 5.73 Å². The van der Waals surface area contributed by atoms with Crippen LogP contribution in [0.15, 0.2) is 54.6 Å². The van der Waals surface area contributed by atoms with E-state index >= 15 is 0 Å². The van der Waals surface area contributed by atoms with Crippen molar-refractivity contribution in [3.05, 3.63) is 77.1 Å². The van der Waals surface area contributed by atoms with Crippen LogP contribution in [0.4, 0.5) is 19.0 Å². The van der Waals surface area contributed by atoms with E-state index in [1.165, 1.54) is 6.07 Å². The van der Waals surface area contributed by atoms with Crippen LogP contribution in [-0.2, 0) is 23.8 Å². The van der Waals surface area contributed by atoms with Crippen LogP contribution < -0.4 is 16.0 Å². The minimum Gasteiger partial charge on any atom is -0.354 e. The van der Waals surface area contributed by atoms with Crippen LogP contribution in [0.5, 0.6) is 0 Å². The molecule has 1 atom stereocenters. The van der Waals surface area contributed by atoms with Crippen molar-refractivity contribution in [3.8, 4) is 17.3 Å². The summed E-state index contributed by atoms with van der Waals surface area (Å²) in [6.45, 7) is 1.26. The second-order valence-electron chi connectivity index (χ2n) is 8.87. The quantitative estimate of drug-likeness (QED) is 0.479. The molecule has 2 aromatic carbocycles. The number of nitriles is 1. The van der Waals surface area contributed by atoms with Crippen LogP contribution >= 0.6 is 0 Å². The minimum absolute atomic E-state index is 0.0769. The highest BCUT2D eigenvalue weighted by atomic mass is 19.4. The molecule has 3 N–H and O–H groups in total. The Balaban J connectivity index is 1.52. The summed E-state index contributed by atoms with van der Waals surface area (Å²) in [4.78, 5) is 22.2. The average molecular weight is 509 g/mol. The SMILES string of the molecule is N#Cc1ccc(CCNC(=O)C2CCCN2c2cc(-c3ccc(CCN)cc3)nc(C(F)(F)F)n2)cc1. The number of hydrogen-bond donors (Lipinski definition) is 2. The van der Waals surface area contributed by atoms with Gasteiger partial charge in [-0.3, -0.25) is 4.79 Å². The van der Waals surface area contributed by atoms with E-state index in [9.17, 15) is 18.0 Å². The predicted octanol–water partition coefficient (Wildman–Crippen LogP) is 3.86. The number of carbonyl (C=O) groups is 1. The molecule has 0 spiro atoms. The number of amides is 1. The zero-order chi connectivity index (χ0) is 26.4. The molecule has 7 nitrogen and oxygen atoms in total. The van der Waals surface area contributed by atoms with Crippen molar-refractivity contribution < 1.29 is 18.0 Å². The largest absolute Gasteiger partial charge is 0.451 e. The van der Waals surface area contributed by atoms with Gasteiger partial charge in [0, 0.05) is 24.7 Å². The van der Waals surface area contributed by atoms with Gasteiger partial charge in [-0.2, -0.15) is 18.4 Å². The summed E-state index contributed by atoms with van der Waals surface area (Å²) in [6.07, 6.45) is -2.33. The molecular weight excluding hydrogens is 481 g/mol. The molecule has 1 aliphatic rings. The first kappa shape index (κ1) is 26.1. The van der Waals surface area contributed by atoms with E-state index in [1.807, 2.05) is 24.3 Å². The van der Waals surface area contributed by atoms with Gasteiger partial charge in [-0.1, -0.05) is 36.4 Å². The fraction of sp³-hybridized carbons (Fsp3) is 0.333. The number of nitrogens with zero attached hydrogens (tertiary/aromatic N) is 4. The molecule has 37 heavy (non-hydrogen) atoms. The molecule has 192 valence electrons. The number of alkyl halides is 3. The third kappa shape index (κ3) is 6.43. The number of aromatic nitrogens is 2. The minimum atomic E-state index is -4.73. The number of halogens is 3. The van der Waals surface area contributed by atoms with Gasteiger partial charge in [0.05, 0.1) is 17.3 Å². The number of carbonyl (C=O) groups excluding carboxylic acids is 1. The summed E-state index contributed by atoms with van der Waals surface area (Å²) in [5.41, 5.74) is 8.76. The molecular formula is C27H27F3N6O. The van der Waals surface area contributed by atoms with Gasteiger partial charge < -0.3 is 16.0 Å². The van der Waals surface area contributed by atoms with Crippen LogP contribution in [0.25, 0.3) is 11.3 Å². The summed E-state index contributed by atoms with van der Waals surface area (Å²) in [6, 6.07) is 17.1. The van der Waals surface area contributed by atoms with Crippen molar-refractivity contribution >= 4 is 11.7 Å². The Hall–Kier alpha value is -3.97. The zero-order valence-corrected chi connectivity index (χ0v) is 20.1. The van der Waals surface area contributed by atoms with Crippen molar-refractivity contribution in [3.63, 3.8) is 0 Å². The first-order valence-electron chi connectivity index (χ1n) is 12.1. The Morgan fingerprint density at radius 2 is 1.76 bits per heavy atom. The number of anilines is 1. The molecule has 1 amide bonds. The Bertz CT molecular complexity index is 1270. The van der Waals surface area contributed by atoms with Crippen molar-refractivity contribution in [1.29, 1.82) is 5.26 Å². The Labute approximate surface area is 213 Å². The molecule has 10 heteroatoms. The summed E-state index contributed by atoms with van der Waals surface area (Å²) in [7, 11) is 0. The maximum atomic E-state index is 13.7. The van der Waals surface area contributed by atoms with Crippen LogP contribution in [0.1, 0.15) is 35.4 Å². The second-order valence-corrected chi connectivity index (χ2v) is 8.87. The lowest BCUT2D eigenvalue weighted by atomic mass is 10.1. The van der Waals surface area contributed by atoms with Gasteiger partial charge in [0.15, 0.2) is 0 Å². The Morgan fingerprint density at radius 1 is 1.08 bits per heavy atom. The highest BCUT2D eigenvalue weighted by Gasteiger charge is 2.38. The summed E-state index contributed by atoms with van der Waals surface area (Å²) in [5.74, 6) is -1.42. The fourth-order valence-corrected chi connectivity index (χ4v) is 4.37. The summed E-state index contributed by atoms with van der Waals surface area (Å²) >= 11 is 0. The summed E-state index contributed by atoms with van der Waals surface area (Å²) in [5, 5.41) is 11.8. The second kappa shape index (κ2) is 11.4. The topological polar surface area (TPSA) is 108 Å². The van der Waals surface area contributed by atoms with E-state index < -0.39 is 18.0 Å². The van der Waals surface area contributed by atoms with Gasteiger partial charge in [-0.15, -0.1) is 0 Å². The maximum Gasteiger partial charge on any atom is 0.451 e. The maximum absolute atomic E-state index is 13.7. The number of rotatable bonds is 8. The lowest BCUT2D eigenvalue weighted by molar-refractivity contribution is -0.144. The molecule has 3 aromatic rings. The number of benzene rings is 2. The van der Waals surface area contributed by atoms with E-state index in [1.54, 1.807) is 29.2 Å². The van der Waals surface area contributed by atoms with Gasteiger partial charge in [0.2, 0.25) is 11.7 Å². The first-order valence-corrected chi connectivity index (χ1v) is 12.1. The molecule has 1 fully saturated rings. The van der Waals surface area contributed by atoms with E-state index in [2.05, 4.69) is 21.4 Å². The molecule has 1 aliphatic heterocycles. The van der Waals surface area contributed by atoms with E-state index in [0.29, 0.717) is 56.4 Å². The average Bonchev–Trinajstić information content (AvgIpc) is 3.39. The van der Waals surface area contributed by atoms with Gasteiger partial charge in [-0.25, -0.2) is 9.97 Å². The highest BCUT2D eigenvalue weighted by Crippen LogP contribution is 2.33. The lowest BCUT2D eigenvalue weighted by Gasteiger charge is -2.26. The van der Waals surface area contributed by atoms with Crippen LogP contribution in [0.3, 0.4) is 0 Å². The predicted molar refractivity (Wildman–Crippen MR) is 133 cm³/mol. The summed E-state index contributed by atoms with van der Waals surface area (Å²) < 4.78 is 41.1.